The molecule has 0 N–H and O–H groups in total. The van der Waals surface area contributed by atoms with Crippen LogP contribution in [0.25, 0.3) is 11.3 Å². The lowest BCUT2D eigenvalue weighted by Gasteiger charge is -2.03. The van der Waals surface area contributed by atoms with E-state index in [0.29, 0.717) is 0 Å². The van der Waals surface area contributed by atoms with Crippen molar-refractivity contribution in [1.82, 2.24) is 4.98 Å². The summed E-state index contributed by atoms with van der Waals surface area (Å²) in [5.74, 6) is 0. The summed E-state index contributed by atoms with van der Waals surface area (Å²) < 4.78 is 0. The van der Waals surface area contributed by atoms with Gasteiger partial charge in [-0.2, -0.15) is 0 Å². The average Bonchev–Trinajstić information content (AvgIpc) is 2.30. The molecule has 0 spiro atoms. The number of hydrogen-bond donors (Lipinski definition) is 0. The van der Waals surface area contributed by atoms with Gasteiger partial charge in [-0.3, -0.25) is 15.1 Å². The summed E-state index contributed by atoms with van der Waals surface area (Å²) in [7, 11) is 0. The van der Waals surface area contributed by atoms with Gasteiger partial charge in [0.15, 0.2) is 0 Å². The van der Waals surface area contributed by atoms with Crippen LogP contribution >= 0.6 is 0 Å². The van der Waals surface area contributed by atoms with Gasteiger partial charge in [0.1, 0.15) is 0 Å². The second-order valence-electron chi connectivity index (χ2n) is 3.47. The maximum Gasteiger partial charge on any atom is 0.269 e. The van der Waals surface area contributed by atoms with Gasteiger partial charge in [-0.15, -0.1) is 0 Å². The highest BCUT2D eigenvalue weighted by atomic mass is 16.6. The summed E-state index contributed by atoms with van der Waals surface area (Å²) in [5.41, 5.74) is 2.90. The molecule has 0 aliphatic heterocycles. The molecule has 2 rings (SSSR count). The van der Waals surface area contributed by atoms with E-state index in [9.17, 15) is 10.1 Å². The first-order chi connectivity index (χ1) is 7.68. The molecule has 0 bridgehead atoms. The molecule has 0 saturated carbocycles. The van der Waals surface area contributed by atoms with E-state index in [1.54, 1.807) is 18.3 Å². The van der Waals surface area contributed by atoms with Crippen molar-refractivity contribution in [2.24, 2.45) is 0 Å². The van der Waals surface area contributed by atoms with Crippen LogP contribution in [0.1, 0.15) is 5.56 Å². The maximum atomic E-state index is 10.5. The number of hydrogen-bond acceptors (Lipinski definition) is 3. The number of aryl methyl sites for hydroxylation is 1. The SMILES string of the molecule is Cc1cccnc1-c1ccc([N+](=O)[O-])cc1. The molecule has 0 saturated heterocycles. The molecular weight excluding hydrogens is 204 g/mol. The van der Waals surface area contributed by atoms with E-state index in [0.717, 1.165) is 16.8 Å². The van der Waals surface area contributed by atoms with Crippen molar-refractivity contribution >= 4 is 5.69 Å². The first kappa shape index (κ1) is 10.3. The molecule has 0 radical (unpaired) electrons. The molecule has 1 aromatic carbocycles. The molecule has 0 aliphatic rings. The van der Waals surface area contributed by atoms with E-state index < -0.39 is 4.92 Å². The van der Waals surface area contributed by atoms with Crippen LogP contribution in [0.2, 0.25) is 0 Å². The van der Waals surface area contributed by atoms with Crippen LogP contribution in [0.4, 0.5) is 5.69 Å². The standard InChI is InChI=1S/C12H10N2O2/c1-9-3-2-8-13-12(9)10-4-6-11(7-5-10)14(15)16/h2-8H,1H3. The molecule has 16 heavy (non-hydrogen) atoms. The molecular formula is C12H10N2O2. The smallest absolute Gasteiger partial charge is 0.258 e. The Balaban J connectivity index is 2.43. The Labute approximate surface area is 92.7 Å². The Morgan fingerprint density at radius 2 is 1.88 bits per heavy atom. The molecule has 80 valence electrons. The highest BCUT2D eigenvalue weighted by Gasteiger charge is 2.06. The molecule has 1 heterocycles. The largest absolute Gasteiger partial charge is 0.269 e. The first-order valence-corrected chi connectivity index (χ1v) is 4.85. The van der Waals surface area contributed by atoms with E-state index in [1.807, 2.05) is 19.1 Å². The summed E-state index contributed by atoms with van der Waals surface area (Å²) in [6.45, 7) is 1.96. The van der Waals surface area contributed by atoms with Crippen LogP contribution in [0.5, 0.6) is 0 Å². The van der Waals surface area contributed by atoms with Crippen molar-refractivity contribution < 1.29 is 4.92 Å². The van der Waals surface area contributed by atoms with E-state index in [-0.39, 0.29) is 5.69 Å². The molecule has 0 fully saturated rings. The van der Waals surface area contributed by atoms with Crippen molar-refractivity contribution in [2.45, 2.75) is 6.92 Å². The van der Waals surface area contributed by atoms with Gasteiger partial charge in [0, 0.05) is 23.9 Å². The van der Waals surface area contributed by atoms with E-state index in [4.69, 9.17) is 0 Å². The third kappa shape index (κ3) is 1.91. The quantitative estimate of drug-likeness (QED) is 0.570. The molecule has 0 amide bonds. The maximum absolute atomic E-state index is 10.5. The second-order valence-corrected chi connectivity index (χ2v) is 3.47. The Bertz CT molecular complexity index is 521. The predicted molar refractivity (Wildman–Crippen MR) is 61.1 cm³/mol. The Morgan fingerprint density at radius 3 is 2.44 bits per heavy atom. The van der Waals surface area contributed by atoms with Gasteiger partial charge < -0.3 is 0 Å². The van der Waals surface area contributed by atoms with Gasteiger partial charge in [-0.25, -0.2) is 0 Å². The number of benzene rings is 1. The lowest BCUT2D eigenvalue weighted by Crippen LogP contribution is -1.89. The van der Waals surface area contributed by atoms with Crippen LogP contribution in [-0.4, -0.2) is 9.91 Å². The zero-order valence-corrected chi connectivity index (χ0v) is 8.75. The van der Waals surface area contributed by atoms with Crippen LogP contribution in [-0.2, 0) is 0 Å². The molecule has 2 aromatic rings. The first-order valence-electron chi connectivity index (χ1n) is 4.85. The fourth-order valence-electron chi connectivity index (χ4n) is 1.53. The summed E-state index contributed by atoms with van der Waals surface area (Å²) in [6, 6.07) is 10.2. The predicted octanol–water partition coefficient (Wildman–Crippen LogP) is 2.97. The van der Waals surface area contributed by atoms with Gasteiger partial charge in [0.2, 0.25) is 0 Å². The minimum Gasteiger partial charge on any atom is -0.258 e. The van der Waals surface area contributed by atoms with Crippen molar-refractivity contribution in [3.05, 3.63) is 58.3 Å². The Kier molecular flexibility index (Phi) is 2.64. The van der Waals surface area contributed by atoms with E-state index in [1.165, 1.54) is 12.1 Å². The van der Waals surface area contributed by atoms with Gasteiger partial charge in [0.05, 0.1) is 10.6 Å². The zero-order valence-electron chi connectivity index (χ0n) is 8.75. The van der Waals surface area contributed by atoms with Gasteiger partial charge >= 0.3 is 0 Å². The molecule has 0 aliphatic carbocycles. The number of nitrogens with zero attached hydrogens (tertiary/aromatic N) is 2. The number of non-ortho nitro benzene ring substituents is 1. The fourth-order valence-corrected chi connectivity index (χ4v) is 1.53. The minimum atomic E-state index is -0.408. The fraction of sp³-hybridized carbons (Fsp3) is 0.0833. The van der Waals surface area contributed by atoms with E-state index in [2.05, 4.69) is 4.98 Å². The highest BCUT2D eigenvalue weighted by Crippen LogP contribution is 2.22. The number of aromatic nitrogens is 1. The van der Waals surface area contributed by atoms with Crippen LogP contribution in [0.3, 0.4) is 0 Å². The number of nitro benzene ring substituents is 1. The van der Waals surface area contributed by atoms with Gasteiger partial charge in [0.25, 0.3) is 5.69 Å². The highest BCUT2D eigenvalue weighted by molar-refractivity contribution is 5.63. The normalized spacial score (nSPS) is 10.1. The van der Waals surface area contributed by atoms with Gasteiger partial charge in [-0.05, 0) is 30.7 Å². The van der Waals surface area contributed by atoms with Gasteiger partial charge in [-0.1, -0.05) is 6.07 Å². The third-order valence-electron chi connectivity index (χ3n) is 2.36. The summed E-state index contributed by atoms with van der Waals surface area (Å²) >= 11 is 0. The average molecular weight is 214 g/mol. The third-order valence-corrected chi connectivity index (χ3v) is 2.36. The molecule has 0 atom stereocenters. The zero-order chi connectivity index (χ0) is 11.5. The Morgan fingerprint density at radius 1 is 1.19 bits per heavy atom. The van der Waals surface area contributed by atoms with Crippen LogP contribution < -0.4 is 0 Å². The monoisotopic (exact) mass is 214 g/mol. The lowest BCUT2D eigenvalue weighted by molar-refractivity contribution is -0.384. The minimum absolute atomic E-state index is 0.0948. The summed E-state index contributed by atoms with van der Waals surface area (Å²) in [4.78, 5) is 14.4. The van der Waals surface area contributed by atoms with Crippen molar-refractivity contribution in [3.8, 4) is 11.3 Å². The van der Waals surface area contributed by atoms with Crippen LogP contribution in [0.15, 0.2) is 42.6 Å². The summed E-state index contributed by atoms with van der Waals surface area (Å²) in [5, 5.41) is 10.5. The molecule has 4 heteroatoms. The number of pyridine rings is 1. The molecule has 0 unspecified atom stereocenters. The lowest BCUT2D eigenvalue weighted by atomic mass is 10.1. The summed E-state index contributed by atoms with van der Waals surface area (Å²) in [6.07, 6.45) is 1.71. The Hall–Kier alpha value is -2.23. The van der Waals surface area contributed by atoms with Crippen LogP contribution in [0, 0.1) is 17.0 Å². The van der Waals surface area contributed by atoms with Crippen molar-refractivity contribution in [1.29, 1.82) is 0 Å². The van der Waals surface area contributed by atoms with E-state index >= 15 is 0 Å². The molecule has 1 aromatic heterocycles. The topological polar surface area (TPSA) is 56.0 Å². The second kappa shape index (κ2) is 4.10. The molecule has 4 nitrogen and oxygen atoms in total. The van der Waals surface area contributed by atoms with Crippen molar-refractivity contribution in [2.75, 3.05) is 0 Å². The van der Waals surface area contributed by atoms with Crippen molar-refractivity contribution in [3.63, 3.8) is 0 Å². The number of rotatable bonds is 2. The number of nitro groups is 1.